The molecule has 0 spiro atoms. The van der Waals surface area contributed by atoms with E-state index in [0.29, 0.717) is 5.69 Å². The second-order valence-electron chi connectivity index (χ2n) is 5.92. The van der Waals surface area contributed by atoms with Crippen LogP contribution in [0, 0.1) is 20.8 Å². The van der Waals surface area contributed by atoms with Gasteiger partial charge in [-0.05, 0) is 50.5 Å². The summed E-state index contributed by atoms with van der Waals surface area (Å²) in [6.07, 6.45) is 2.60. The van der Waals surface area contributed by atoms with Crippen LogP contribution < -0.4 is 5.32 Å². The van der Waals surface area contributed by atoms with Crippen LogP contribution in [-0.4, -0.2) is 15.3 Å². The van der Waals surface area contributed by atoms with Crippen molar-refractivity contribution in [2.45, 2.75) is 34.1 Å². The highest BCUT2D eigenvalue weighted by Gasteiger charge is 2.19. The Bertz CT molecular complexity index is 870. The molecule has 0 saturated carbocycles. The molecule has 4 nitrogen and oxygen atoms in total. The van der Waals surface area contributed by atoms with Crippen LogP contribution in [-0.2, 0) is 6.42 Å². The second kappa shape index (κ2) is 5.88. The summed E-state index contributed by atoms with van der Waals surface area (Å²) in [6.45, 7) is 8.11. The molecular formula is C19H21N3O. The number of amides is 1. The number of hydrogen-bond donors (Lipinski definition) is 1. The number of nitrogens with one attached hydrogen (secondary N) is 1. The summed E-state index contributed by atoms with van der Waals surface area (Å²) in [6, 6.07) is 9.92. The molecule has 0 fully saturated rings. The molecule has 1 amide bonds. The maximum absolute atomic E-state index is 12.9. The van der Waals surface area contributed by atoms with E-state index in [-0.39, 0.29) is 5.91 Å². The van der Waals surface area contributed by atoms with Crippen LogP contribution in [0.5, 0.6) is 0 Å². The number of carbonyl (C=O) groups excluding carboxylic acids is 1. The van der Waals surface area contributed by atoms with Gasteiger partial charge in [0.1, 0.15) is 11.3 Å². The van der Waals surface area contributed by atoms with Crippen molar-refractivity contribution in [2.24, 2.45) is 0 Å². The van der Waals surface area contributed by atoms with Crippen molar-refractivity contribution in [1.29, 1.82) is 0 Å². The maximum Gasteiger partial charge on any atom is 0.274 e. The summed E-state index contributed by atoms with van der Waals surface area (Å²) in [5.74, 6) is -0.115. The molecule has 4 heteroatoms. The van der Waals surface area contributed by atoms with Crippen LogP contribution >= 0.6 is 0 Å². The first-order chi connectivity index (χ1) is 11.0. The van der Waals surface area contributed by atoms with Crippen LogP contribution in [0.4, 0.5) is 5.69 Å². The van der Waals surface area contributed by atoms with Gasteiger partial charge in [-0.25, -0.2) is 4.98 Å². The molecule has 0 bridgehead atoms. The highest BCUT2D eigenvalue weighted by Crippen LogP contribution is 2.23. The van der Waals surface area contributed by atoms with E-state index in [1.54, 1.807) is 0 Å². The van der Waals surface area contributed by atoms with E-state index in [9.17, 15) is 4.79 Å². The number of hydrogen-bond acceptors (Lipinski definition) is 2. The topological polar surface area (TPSA) is 46.4 Å². The first-order valence-corrected chi connectivity index (χ1v) is 7.86. The lowest BCUT2D eigenvalue weighted by Crippen LogP contribution is -2.17. The summed E-state index contributed by atoms with van der Waals surface area (Å²) in [5, 5.41) is 3.08. The third-order valence-electron chi connectivity index (χ3n) is 4.07. The fourth-order valence-corrected chi connectivity index (χ4v) is 3.08. The van der Waals surface area contributed by atoms with Crippen LogP contribution in [0.1, 0.15) is 39.8 Å². The van der Waals surface area contributed by atoms with Gasteiger partial charge in [-0.3, -0.25) is 9.20 Å². The zero-order valence-corrected chi connectivity index (χ0v) is 14.0. The van der Waals surface area contributed by atoms with Gasteiger partial charge in [0.15, 0.2) is 0 Å². The highest BCUT2D eigenvalue weighted by molar-refractivity contribution is 6.05. The smallest absolute Gasteiger partial charge is 0.274 e. The number of benzene rings is 1. The van der Waals surface area contributed by atoms with Gasteiger partial charge < -0.3 is 5.32 Å². The quantitative estimate of drug-likeness (QED) is 0.792. The van der Waals surface area contributed by atoms with E-state index in [0.717, 1.165) is 34.6 Å². The Labute approximate surface area is 136 Å². The SMILES string of the molecule is CCc1nc2ccccn2c1C(=O)Nc1c(C)cc(C)cc1C. The fraction of sp³-hybridized carbons (Fsp3) is 0.263. The molecule has 0 atom stereocenters. The van der Waals surface area contributed by atoms with Gasteiger partial charge in [-0.1, -0.05) is 30.7 Å². The number of carbonyl (C=O) groups is 1. The molecule has 118 valence electrons. The average Bonchev–Trinajstić information content (AvgIpc) is 2.89. The molecule has 0 aliphatic rings. The lowest BCUT2D eigenvalue weighted by atomic mass is 10.0. The number of rotatable bonds is 3. The molecule has 0 radical (unpaired) electrons. The van der Waals surface area contributed by atoms with E-state index in [1.807, 2.05) is 49.6 Å². The summed E-state index contributed by atoms with van der Waals surface area (Å²) in [4.78, 5) is 17.4. The first kappa shape index (κ1) is 15.3. The Hall–Kier alpha value is -2.62. The molecular weight excluding hydrogens is 286 g/mol. The van der Waals surface area contributed by atoms with Crippen molar-refractivity contribution in [3.63, 3.8) is 0 Å². The fourth-order valence-electron chi connectivity index (χ4n) is 3.08. The van der Waals surface area contributed by atoms with E-state index < -0.39 is 0 Å². The van der Waals surface area contributed by atoms with Gasteiger partial charge >= 0.3 is 0 Å². The second-order valence-corrected chi connectivity index (χ2v) is 5.92. The Kier molecular flexibility index (Phi) is 3.90. The summed E-state index contributed by atoms with van der Waals surface area (Å²) in [7, 11) is 0. The van der Waals surface area contributed by atoms with Crippen LogP contribution in [0.3, 0.4) is 0 Å². The lowest BCUT2D eigenvalue weighted by molar-refractivity contribution is 0.102. The van der Waals surface area contributed by atoms with Crippen molar-refractivity contribution in [3.05, 3.63) is 64.6 Å². The molecule has 0 aliphatic heterocycles. The monoisotopic (exact) mass is 307 g/mol. The molecule has 3 rings (SSSR count). The number of fused-ring (bicyclic) bond motifs is 1. The van der Waals surface area contributed by atoms with Gasteiger partial charge in [0.25, 0.3) is 5.91 Å². The molecule has 0 unspecified atom stereocenters. The zero-order chi connectivity index (χ0) is 16.6. The Morgan fingerprint density at radius 3 is 2.52 bits per heavy atom. The standard InChI is InChI=1S/C19H21N3O/c1-5-15-18(22-9-7-6-8-16(22)20-15)19(23)21-17-13(3)10-12(2)11-14(17)4/h6-11H,5H2,1-4H3,(H,21,23). The molecule has 2 aromatic heterocycles. The van der Waals surface area contributed by atoms with Crippen molar-refractivity contribution >= 4 is 17.2 Å². The average molecular weight is 307 g/mol. The molecule has 1 N–H and O–H groups in total. The number of aryl methyl sites for hydroxylation is 4. The van der Waals surface area contributed by atoms with Gasteiger partial charge in [-0.15, -0.1) is 0 Å². The molecule has 1 aromatic carbocycles. The van der Waals surface area contributed by atoms with Crippen molar-refractivity contribution in [1.82, 2.24) is 9.38 Å². The largest absolute Gasteiger partial charge is 0.320 e. The summed E-state index contributed by atoms with van der Waals surface area (Å²) in [5.41, 5.74) is 6.45. The van der Waals surface area contributed by atoms with Crippen molar-refractivity contribution in [3.8, 4) is 0 Å². The zero-order valence-electron chi connectivity index (χ0n) is 14.0. The number of pyridine rings is 1. The lowest BCUT2D eigenvalue weighted by Gasteiger charge is -2.13. The predicted molar refractivity (Wildman–Crippen MR) is 93.2 cm³/mol. The minimum atomic E-state index is -0.115. The van der Waals surface area contributed by atoms with Gasteiger partial charge in [0, 0.05) is 11.9 Å². The normalized spacial score (nSPS) is 11.0. The van der Waals surface area contributed by atoms with Gasteiger partial charge in [-0.2, -0.15) is 0 Å². The number of imidazole rings is 1. The van der Waals surface area contributed by atoms with Crippen LogP contribution in [0.15, 0.2) is 36.5 Å². The molecule has 0 aliphatic carbocycles. The minimum Gasteiger partial charge on any atom is -0.320 e. The molecule has 3 aromatic rings. The Balaban J connectivity index is 2.05. The van der Waals surface area contributed by atoms with E-state index in [2.05, 4.69) is 29.4 Å². The molecule has 23 heavy (non-hydrogen) atoms. The van der Waals surface area contributed by atoms with Crippen molar-refractivity contribution < 1.29 is 4.79 Å². The number of aromatic nitrogens is 2. The van der Waals surface area contributed by atoms with Crippen LogP contribution in [0.2, 0.25) is 0 Å². The minimum absolute atomic E-state index is 0.115. The highest BCUT2D eigenvalue weighted by atomic mass is 16.2. The van der Waals surface area contributed by atoms with Gasteiger partial charge in [0.05, 0.1) is 5.69 Å². The third kappa shape index (κ3) is 2.72. The number of anilines is 1. The maximum atomic E-state index is 12.9. The van der Waals surface area contributed by atoms with E-state index in [1.165, 1.54) is 5.56 Å². The summed E-state index contributed by atoms with van der Waals surface area (Å²) < 4.78 is 1.85. The Morgan fingerprint density at radius 2 is 1.87 bits per heavy atom. The third-order valence-corrected chi connectivity index (χ3v) is 4.07. The van der Waals surface area contributed by atoms with Crippen molar-refractivity contribution in [2.75, 3.05) is 5.32 Å². The van der Waals surface area contributed by atoms with E-state index >= 15 is 0 Å². The van der Waals surface area contributed by atoms with E-state index in [4.69, 9.17) is 0 Å². The predicted octanol–water partition coefficient (Wildman–Crippen LogP) is 4.07. The van der Waals surface area contributed by atoms with Gasteiger partial charge in [0.2, 0.25) is 0 Å². The summed E-state index contributed by atoms with van der Waals surface area (Å²) >= 11 is 0. The number of nitrogens with zero attached hydrogens (tertiary/aromatic N) is 2. The van der Waals surface area contributed by atoms with Crippen LogP contribution in [0.25, 0.3) is 5.65 Å². The first-order valence-electron chi connectivity index (χ1n) is 7.86. The Morgan fingerprint density at radius 1 is 1.17 bits per heavy atom. The molecule has 2 heterocycles. The molecule has 0 saturated heterocycles.